The molecular weight excluding hydrogens is 130 g/mol. The van der Waals surface area contributed by atoms with Crippen molar-refractivity contribution >= 4 is 5.91 Å². The van der Waals surface area contributed by atoms with E-state index < -0.39 is 0 Å². The van der Waals surface area contributed by atoms with E-state index in [4.69, 9.17) is 0 Å². The van der Waals surface area contributed by atoms with Crippen LogP contribution in [0.15, 0.2) is 18.5 Å². The van der Waals surface area contributed by atoms with Crippen LogP contribution in [0.5, 0.6) is 0 Å². The van der Waals surface area contributed by atoms with Crippen LogP contribution in [0.2, 0.25) is 0 Å². The SMILES string of the molecule is CNNC(=O)c1cc[nH]c1. The zero-order valence-corrected chi connectivity index (χ0v) is 5.64. The molecule has 0 unspecified atom stereocenters. The minimum atomic E-state index is -0.135. The highest BCUT2D eigenvalue weighted by Gasteiger charge is 2.01. The second-order valence-electron chi connectivity index (χ2n) is 1.80. The van der Waals surface area contributed by atoms with Gasteiger partial charge in [-0.05, 0) is 6.07 Å². The fourth-order valence-electron chi connectivity index (χ4n) is 0.651. The molecule has 1 aromatic heterocycles. The molecule has 0 aliphatic carbocycles. The molecular formula is C6H9N3O. The lowest BCUT2D eigenvalue weighted by Gasteiger charge is -1.97. The molecule has 0 aliphatic heterocycles. The minimum Gasteiger partial charge on any atom is -0.367 e. The number of hydrogen-bond donors (Lipinski definition) is 3. The number of nitrogens with one attached hydrogen (secondary N) is 3. The number of rotatable bonds is 2. The van der Waals surface area contributed by atoms with Crippen molar-refractivity contribution in [2.24, 2.45) is 0 Å². The first-order valence-electron chi connectivity index (χ1n) is 2.94. The maximum atomic E-state index is 10.9. The Balaban J connectivity index is 2.59. The van der Waals surface area contributed by atoms with E-state index in [1.807, 2.05) is 0 Å². The predicted octanol–water partition coefficient (Wildman–Crippen LogP) is -0.121. The molecule has 0 saturated heterocycles. The third kappa shape index (κ3) is 1.35. The van der Waals surface area contributed by atoms with Crippen molar-refractivity contribution in [2.75, 3.05) is 7.05 Å². The molecule has 0 spiro atoms. The van der Waals surface area contributed by atoms with E-state index >= 15 is 0 Å². The quantitative estimate of drug-likeness (QED) is 0.500. The van der Waals surface area contributed by atoms with Crippen molar-refractivity contribution in [3.63, 3.8) is 0 Å². The van der Waals surface area contributed by atoms with Gasteiger partial charge in [0.2, 0.25) is 0 Å². The van der Waals surface area contributed by atoms with Crippen molar-refractivity contribution in [2.45, 2.75) is 0 Å². The van der Waals surface area contributed by atoms with Gasteiger partial charge >= 0.3 is 0 Å². The molecule has 0 bridgehead atoms. The van der Waals surface area contributed by atoms with Crippen LogP contribution in [-0.2, 0) is 0 Å². The molecule has 1 heterocycles. The summed E-state index contributed by atoms with van der Waals surface area (Å²) in [6.07, 6.45) is 3.33. The Hall–Kier alpha value is -1.29. The fraction of sp³-hybridized carbons (Fsp3) is 0.167. The maximum Gasteiger partial charge on any atom is 0.266 e. The predicted molar refractivity (Wildman–Crippen MR) is 37.3 cm³/mol. The monoisotopic (exact) mass is 139 g/mol. The summed E-state index contributed by atoms with van der Waals surface area (Å²) in [7, 11) is 1.64. The number of amides is 1. The molecule has 0 aromatic carbocycles. The Morgan fingerprint density at radius 2 is 2.50 bits per heavy atom. The largest absolute Gasteiger partial charge is 0.367 e. The molecule has 1 amide bonds. The first-order chi connectivity index (χ1) is 4.84. The summed E-state index contributed by atoms with van der Waals surface area (Å²) in [4.78, 5) is 13.7. The summed E-state index contributed by atoms with van der Waals surface area (Å²) in [5, 5.41) is 0. The molecule has 1 rings (SSSR count). The number of carbonyl (C=O) groups excluding carboxylic acids is 1. The summed E-state index contributed by atoms with van der Waals surface area (Å²) < 4.78 is 0. The van der Waals surface area contributed by atoms with E-state index in [2.05, 4.69) is 15.8 Å². The Bertz CT molecular complexity index is 205. The summed E-state index contributed by atoms with van der Waals surface area (Å²) in [6.45, 7) is 0. The molecule has 1 aromatic rings. The van der Waals surface area contributed by atoms with Crippen LogP contribution in [0.4, 0.5) is 0 Å². The van der Waals surface area contributed by atoms with Crippen LogP contribution in [0.1, 0.15) is 10.4 Å². The van der Waals surface area contributed by atoms with Gasteiger partial charge in [-0.25, -0.2) is 5.43 Å². The Labute approximate surface area is 58.6 Å². The van der Waals surface area contributed by atoms with E-state index in [9.17, 15) is 4.79 Å². The number of aromatic nitrogens is 1. The highest BCUT2D eigenvalue weighted by Crippen LogP contribution is 1.93. The van der Waals surface area contributed by atoms with Crippen LogP contribution in [0.25, 0.3) is 0 Å². The molecule has 3 N–H and O–H groups in total. The van der Waals surface area contributed by atoms with Crippen LogP contribution >= 0.6 is 0 Å². The third-order valence-electron chi connectivity index (χ3n) is 1.10. The number of H-pyrrole nitrogens is 1. The first-order valence-corrected chi connectivity index (χ1v) is 2.94. The summed E-state index contributed by atoms with van der Waals surface area (Å²) in [5.41, 5.74) is 5.60. The van der Waals surface area contributed by atoms with Gasteiger partial charge in [0.15, 0.2) is 0 Å². The van der Waals surface area contributed by atoms with E-state index in [0.29, 0.717) is 5.56 Å². The maximum absolute atomic E-state index is 10.9. The zero-order valence-electron chi connectivity index (χ0n) is 5.64. The van der Waals surface area contributed by atoms with Crippen LogP contribution < -0.4 is 10.9 Å². The lowest BCUT2D eigenvalue weighted by Crippen LogP contribution is -2.33. The Kier molecular flexibility index (Phi) is 2.07. The smallest absolute Gasteiger partial charge is 0.266 e. The average Bonchev–Trinajstić information content (AvgIpc) is 2.38. The first kappa shape index (κ1) is 6.82. The molecule has 0 aliphatic rings. The molecule has 0 atom stereocenters. The fourth-order valence-corrected chi connectivity index (χ4v) is 0.651. The molecule has 0 radical (unpaired) electrons. The molecule has 4 heteroatoms. The molecule has 54 valence electrons. The lowest BCUT2D eigenvalue weighted by atomic mass is 10.3. The summed E-state index contributed by atoms with van der Waals surface area (Å²) in [5.74, 6) is -0.135. The van der Waals surface area contributed by atoms with Gasteiger partial charge in [-0.1, -0.05) is 0 Å². The van der Waals surface area contributed by atoms with Crippen molar-refractivity contribution in [1.82, 2.24) is 15.8 Å². The molecule has 0 saturated carbocycles. The van der Waals surface area contributed by atoms with Crippen LogP contribution in [0.3, 0.4) is 0 Å². The van der Waals surface area contributed by atoms with E-state index in [1.165, 1.54) is 0 Å². The van der Waals surface area contributed by atoms with E-state index in [0.717, 1.165) is 0 Å². The third-order valence-corrected chi connectivity index (χ3v) is 1.10. The molecule has 10 heavy (non-hydrogen) atoms. The van der Waals surface area contributed by atoms with Gasteiger partial charge in [-0.15, -0.1) is 0 Å². The lowest BCUT2D eigenvalue weighted by molar-refractivity contribution is 0.0938. The molecule has 0 fully saturated rings. The van der Waals surface area contributed by atoms with Gasteiger partial charge in [-0.2, -0.15) is 0 Å². The van der Waals surface area contributed by atoms with Gasteiger partial charge in [0.05, 0.1) is 5.56 Å². The van der Waals surface area contributed by atoms with Crippen molar-refractivity contribution in [3.05, 3.63) is 24.0 Å². The van der Waals surface area contributed by atoms with Gasteiger partial charge in [-0.3, -0.25) is 10.2 Å². The van der Waals surface area contributed by atoms with Crippen LogP contribution in [0, 0.1) is 0 Å². The summed E-state index contributed by atoms with van der Waals surface area (Å²) in [6, 6.07) is 1.70. The number of hydrogen-bond acceptors (Lipinski definition) is 2. The number of carbonyl (C=O) groups is 1. The normalized spacial score (nSPS) is 9.30. The highest BCUT2D eigenvalue weighted by atomic mass is 16.2. The second kappa shape index (κ2) is 3.03. The van der Waals surface area contributed by atoms with Gasteiger partial charge in [0.25, 0.3) is 5.91 Å². The van der Waals surface area contributed by atoms with E-state index in [1.54, 1.807) is 25.5 Å². The standard InChI is InChI=1S/C6H9N3O/c1-7-9-6(10)5-2-3-8-4-5/h2-4,7-8H,1H3,(H,9,10). The van der Waals surface area contributed by atoms with Gasteiger partial charge in [0, 0.05) is 19.4 Å². The van der Waals surface area contributed by atoms with E-state index in [-0.39, 0.29) is 5.91 Å². The summed E-state index contributed by atoms with van der Waals surface area (Å²) >= 11 is 0. The van der Waals surface area contributed by atoms with Gasteiger partial charge in [0.1, 0.15) is 0 Å². The highest BCUT2D eigenvalue weighted by molar-refractivity contribution is 5.93. The van der Waals surface area contributed by atoms with Crippen molar-refractivity contribution in [3.8, 4) is 0 Å². The van der Waals surface area contributed by atoms with Gasteiger partial charge < -0.3 is 4.98 Å². The van der Waals surface area contributed by atoms with Crippen molar-refractivity contribution in [1.29, 1.82) is 0 Å². The average molecular weight is 139 g/mol. The van der Waals surface area contributed by atoms with Crippen LogP contribution in [-0.4, -0.2) is 17.9 Å². The van der Waals surface area contributed by atoms with Crippen molar-refractivity contribution < 1.29 is 4.79 Å². The zero-order chi connectivity index (χ0) is 7.40. The topological polar surface area (TPSA) is 56.9 Å². The Morgan fingerprint density at radius 3 is 3.00 bits per heavy atom. The Morgan fingerprint density at radius 1 is 1.70 bits per heavy atom. The molecule has 4 nitrogen and oxygen atoms in total. The number of hydrazine groups is 1. The number of aromatic amines is 1. The minimum absolute atomic E-state index is 0.135. The second-order valence-corrected chi connectivity index (χ2v) is 1.80.